The number of carbonyl (C=O) groups is 1. The SMILES string of the molecule is CCN(CC)c1ccc(-n2c(C)cc([C@@H]3[C@@H](c4ccccn4)NC(=S)N3CCC(=O)Nc3ccc(C)cc3)c2C)cc1. The van der Waals surface area contributed by atoms with Crippen molar-refractivity contribution in [2.24, 2.45) is 0 Å². The van der Waals surface area contributed by atoms with E-state index in [1.165, 1.54) is 11.3 Å². The summed E-state index contributed by atoms with van der Waals surface area (Å²) in [5.41, 5.74) is 8.68. The Kier molecular flexibility index (Phi) is 8.92. The Balaban J connectivity index is 1.45. The van der Waals surface area contributed by atoms with E-state index in [1.807, 2.05) is 55.6 Å². The molecule has 4 aromatic rings. The fourth-order valence-corrected chi connectivity index (χ4v) is 6.28. The molecule has 8 heteroatoms. The number of hydrogen-bond donors (Lipinski definition) is 2. The fraction of sp³-hybridized carbons (Fsp3) is 0.324. The van der Waals surface area contributed by atoms with Crippen LogP contribution in [-0.4, -0.2) is 45.1 Å². The van der Waals surface area contributed by atoms with Crippen LogP contribution in [-0.2, 0) is 4.79 Å². The van der Waals surface area contributed by atoms with Gasteiger partial charge in [-0.25, -0.2) is 0 Å². The van der Waals surface area contributed by atoms with Crippen molar-refractivity contribution in [2.75, 3.05) is 29.9 Å². The highest BCUT2D eigenvalue weighted by atomic mass is 32.1. The standard InChI is InChI=1S/C34H40N6OS/c1-6-38(7-2)27-15-17-28(18-16-27)40-24(4)22-29(25(40)5)33-32(30-10-8-9-20-35-30)37-34(42)39(33)21-19-31(41)36-26-13-11-23(3)12-14-26/h8-18,20,22,32-33H,6-7,19,21H2,1-5H3,(H,36,41)(H,37,42)/t32-,33-/m1/s1. The third kappa shape index (κ3) is 6.04. The number of amides is 1. The number of benzene rings is 2. The van der Waals surface area contributed by atoms with Crippen molar-refractivity contribution in [3.05, 3.63) is 107 Å². The topological polar surface area (TPSA) is 65.4 Å². The second kappa shape index (κ2) is 12.8. The lowest BCUT2D eigenvalue weighted by Gasteiger charge is -2.28. The van der Waals surface area contributed by atoms with Crippen LogP contribution in [0.15, 0.2) is 79.0 Å². The van der Waals surface area contributed by atoms with Crippen LogP contribution < -0.4 is 15.5 Å². The molecule has 2 aromatic heterocycles. The Labute approximate surface area is 254 Å². The summed E-state index contributed by atoms with van der Waals surface area (Å²) in [4.78, 5) is 22.1. The van der Waals surface area contributed by atoms with Gasteiger partial charge in [-0.15, -0.1) is 0 Å². The highest BCUT2D eigenvalue weighted by Gasteiger charge is 2.41. The van der Waals surface area contributed by atoms with E-state index in [4.69, 9.17) is 12.2 Å². The van der Waals surface area contributed by atoms with Gasteiger partial charge >= 0.3 is 0 Å². The van der Waals surface area contributed by atoms with Crippen LogP contribution in [0.4, 0.5) is 11.4 Å². The first-order chi connectivity index (χ1) is 20.3. The molecule has 218 valence electrons. The number of carbonyl (C=O) groups excluding carboxylic acids is 1. The van der Waals surface area contributed by atoms with Gasteiger partial charge in [-0.2, -0.15) is 0 Å². The monoisotopic (exact) mass is 580 g/mol. The summed E-state index contributed by atoms with van der Waals surface area (Å²) in [6.45, 7) is 13.1. The van der Waals surface area contributed by atoms with Gasteiger partial charge in [0.25, 0.3) is 0 Å². The predicted molar refractivity (Wildman–Crippen MR) is 175 cm³/mol. The first kappa shape index (κ1) is 29.3. The largest absolute Gasteiger partial charge is 0.372 e. The molecule has 1 aliphatic rings. The minimum absolute atomic E-state index is 0.0412. The van der Waals surface area contributed by atoms with Gasteiger partial charge in [-0.1, -0.05) is 23.8 Å². The minimum Gasteiger partial charge on any atom is -0.372 e. The van der Waals surface area contributed by atoms with E-state index in [9.17, 15) is 4.79 Å². The Morgan fingerprint density at radius 3 is 2.36 bits per heavy atom. The molecule has 2 N–H and O–H groups in total. The molecule has 2 atom stereocenters. The molecule has 0 aliphatic carbocycles. The maximum absolute atomic E-state index is 13.0. The molecule has 0 radical (unpaired) electrons. The second-order valence-electron chi connectivity index (χ2n) is 10.8. The number of pyridine rings is 1. The van der Waals surface area contributed by atoms with Crippen molar-refractivity contribution in [1.82, 2.24) is 19.8 Å². The fourth-order valence-electron chi connectivity index (χ4n) is 5.95. The molecule has 1 saturated heterocycles. The maximum atomic E-state index is 13.0. The first-order valence-electron chi connectivity index (χ1n) is 14.7. The van der Waals surface area contributed by atoms with Gasteiger partial charge in [0.05, 0.1) is 17.8 Å². The Morgan fingerprint density at radius 2 is 1.71 bits per heavy atom. The summed E-state index contributed by atoms with van der Waals surface area (Å²) in [5, 5.41) is 7.18. The van der Waals surface area contributed by atoms with Crippen molar-refractivity contribution in [3.63, 3.8) is 0 Å². The maximum Gasteiger partial charge on any atom is 0.226 e. The number of nitrogens with zero attached hydrogens (tertiary/aromatic N) is 4. The highest BCUT2D eigenvalue weighted by Crippen LogP contribution is 2.41. The second-order valence-corrected chi connectivity index (χ2v) is 11.2. The highest BCUT2D eigenvalue weighted by molar-refractivity contribution is 7.80. The van der Waals surface area contributed by atoms with E-state index in [0.717, 1.165) is 47.1 Å². The van der Waals surface area contributed by atoms with Crippen molar-refractivity contribution in [2.45, 2.75) is 53.1 Å². The molecular weight excluding hydrogens is 540 g/mol. The van der Waals surface area contributed by atoms with E-state index in [2.05, 4.69) is 88.0 Å². The lowest BCUT2D eigenvalue weighted by molar-refractivity contribution is -0.116. The zero-order valence-electron chi connectivity index (χ0n) is 25.1. The van der Waals surface area contributed by atoms with Gasteiger partial charge < -0.3 is 25.0 Å². The van der Waals surface area contributed by atoms with Crippen LogP contribution in [0, 0.1) is 20.8 Å². The molecule has 1 fully saturated rings. The summed E-state index contributed by atoms with van der Waals surface area (Å²) < 4.78 is 2.31. The molecule has 5 rings (SSSR count). The van der Waals surface area contributed by atoms with Crippen molar-refractivity contribution < 1.29 is 4.79 Å². The van der Waals surface area contributed by atoms with E-state index in [0.29, 0.717) is 18.1 Å². The van der Waals surface area contributed by atoms with Gasteiger partial charge in [-0.05, 0) is 107 Å². The molecule has 0 unspecified atom stereocenters. The lowest BCUT2D eigenvalue weighted by atomic mass is 9.96. The normalized spacial score (nSPS) is 16.4. The van der Waals surface area contributed by atoms with E-state index >= 15 is 0 Å². The summed E-state index contributed by atoms with van der Waals surface area (Å²) in [6, 6.07) is 24.6. The molecule has 0 spiro atoms. The van der Waals surface area contributed by atoms with Gasteiger partial charge in [0.15, 0.2) is 5.11 Å². The molecule has 0 bridgehead atoms. The average molecular weight is 581 g/mol. The van der Waals surface area contributed by atoms with Crippen molar-refractivity contribution >= 4 is 34.6 Å². The number of thiocarbonyl (C=S) groups is 1. The van der Waals surface area contributed by atoms with Crippen LogP contribution in [0.5, 0.6) is 0 Å². The van der Waals surface area contributed by atoms with Crippen molar-refractivity contribution in [3.8, 4) is 5.69 Å². The minimum atomic E-state index is -0.141. The molecule has 2 aromatic carbocycles. The van der Waals surface area contributed by atoms with Gasteiger partial charge in [0.1, 0.15) is 0 Å². The third-order valence-corrected chi connectivity index (χ3v) is 8.49. The van der Waals surface area contributed by atoms with Crippen LogP contribution in [0.2, 0.25) is 0 Å². The molecule has 7 nitrogen and oxygen atoms in total. The van der Waals surface area contributed by atoms with Gasteiger partial charge in [0, 0.05) is 60.7 Å². The Bertz CT molecular complexity index is 1530. The first-order valence-corrected chi connectivity index (χ1v) is 15.1. The third-order valence-electron chi connectivity index (χ3n) is 8.14. The van der Waals surface area contributed by atoms with Crippen molar-refractivity contribution in [1.29, 1.82) is 0 Å². The van der Waals surface area contributed by atoms with Gasteiger partial charge in [-0.3, -0.25) is 9.78 Å². The quantitative estimate of drug-likeness (QED) is 0.205. The van der Waals surface area contributed by atoms with E-state index < -0.39 is 0 Å². The summed E-state index contributed by atoms with van der Waals surface area (Å²) in [7, 11) is 0. The van der Waals surface area contributed by atoms with Crippen LogP contribution in [0.1, 0.15) is 60.6 Å². The Hall–Kier alpha value is -4.17. The van der Waals surface area contributed by atoms with Crippen LogP contribution in [0.25, 0.3) is 5.69 Å². The zero-order valence-corrected chi connectivity index (χ0v) is 25.9. The summed E-state index contributed by atoms with van der Waals surface area (Å²) >= 11 is 5.87. The molecule has 42 heavy (non-hydrogen) atoms. The number of anilines is 2. The number of aryl methyl sites for hydroxylation is 2. The van der Waals surface area contributed by atoms with E-state index in [-0.39, 0.29) is 18.0 Å². The number of nitrogens with one attached hydrogen (secondary N) is 2. The van der Waals surface area contributed by atoms with Gasteiger partial charge in [0.2, 0.25) is 5.91 Å². The molecular formula is C34H40N6OS. The lowest BCUT2D eigenvalue weighted by Crippen LogP contribution is -2.32. The number of aromatic nitrogens is 2. The summed E-state index contributed by atoms with van der Waals surface area (Å²) in [6.07, 6.45) is 2.13. The average Bonchev–Trinajstić information content (AvgIpc) is 3.48. The Morgan fingerprint density at radius 1 is 1.00 bits per heavy atom. The van der Waals surface area contributed by atoms with Crippen LogP contribution in [0.3, 0.4) is 0 Å². The molecule has 0 saturated carbocycles. The summed E-state index contributed by atoms with van der Waals surface area (Å²) in [5.74, 6) is -0.0412. The molecule has 3 heterocycles. The zero-order chi connectivity index (χ0) is 29.8. The van der Waals surface area contributed by atoms with Crippen LogP contribution >= 0.6 is 12.2 Å². The molecule has 1 amide bonds. The van der Waals surface area contributed by atoms with E-state index in [1.54, 1.807) is 0 Å². The smallest absolute Gasteiger partial charge is 0.226 e. The number of hydrogen-bond acceptors (Lipinski definition) is 4. The predicted octanol–water partition coefficient (Wildman–Crippen LogP) is 6.65. The molecule has 1 aliphatic heterocycles. The number of rotatable bonds is 10.